The minimum absolute atomic E-state index is 0.0728. The number of hydrogen-bond donors (Lipinski definition) is 1. The summed E-state index contributed by atoms with van der Waals surface area (Å²) in [5.74, 6) is -0.474. The summed E-state index contributed by atoms with van der Waals surface area (Å²) in [5, 5.41) is 11.7. The first-order chi connectivity index (χ1) is 14.1. The lowest BCUT2D eigenvalue weighted by Gasteiger charge is -2.34. The SMILES string of the molecule is COC(=O)c1ccc(NC(=O)CN2CCN(Cc3ccc(C#N)cc3)CC2)cc1. The van der Waals surface area contributed by atoms with E-state index in [-0.39, 0.29) is 5.91 Å². The van der Waals surface area contributed by atoms with E-state index in [4.69, 9.17) is 5.26 Å². The zero-order valence-corrected chi connectivity index (χ0v) is 16.4. The number of nitriles is 1. The molecule has 1 aliphatic rings. The second-order valence-corrected chi connectivity index (χ2v) is 6.98. The molecule has 1 heterocycles. The Kier molecular flexibility index (Phi) is 6.95. The van der Waals surface area contributed by atoms with Gasteiger partial charge in [-0.25, -0.2) is 4.79 Å². The van der Waals surface area contributed by atoms with E-state index in [1.165, 1.54) is 12.7 Å². The molecule has 0 spiro atoms. The molecule has 7 nitrogen and oxygen atoms in total. The Bertz CT molecular complexity index is 880. The number of ether oxygens (including phenoxy) is 1. The van der Waals surface area contributed by atoms with Crippen molar-refractivity contribution in [3.63, 3.8) is 0 Å². The molecule has 1 amide bonds. The van der Waals surface area contributed by atoms with Crippen LogP contribution in [0.25, 0.3) is 0 Å². The summed E-state index contributed by atoms with van der Waals surface area (Å²) in [6.07, 6.45) is 0. The summed E-state index contributed by atoms with van der Waals surface area (Å²) in [5.41, 5.74) is 2.96. The number of anilines is 1. The smallest absolute Gasteiger partial charge is 0.337 e. The van der Waals surface area contributed by atoms with Crippen LogP contribution in [0.5, 0.6) is 0 Å². The van der Waals surface area contributed by atoms with Crippen molar-refractivity contribution in [1.29, 1.82) is 5.26 Å². The predicted octanol–water partition coefficient (Wildman–Crippen LogP) is 2.10. The number of benzene rings is 2. The van der Waals surface area contributed by atoms with Gasteiger partial charge in [0.15, 0.2) is 0 Å². The quantitative estimate of drug-likeness (QED) is 0.758. The Hall–Kier alpha value is -3.21. The lowest BCUT2D eigenvalue weighted by molar-refractivity contribution is -0.117. The summed E-state index contributed by atoms with van der Waals surface area (Å²) in [6.45, 7) is 4.61. The van der Waals surface area contributed by atoms with Crippen LogP contribution in [-0.4, -0.2) is 61.5 Å². The van der Waals surface area contributed by atoms with Crippen LogP contribution >= 0.6 is 0 Å². The molecule has 7 heteroatoms. The molecule has 1 N–H and O–H groups in total. The summed E-state index contributed by atoms with van der Waals surface area (Å²) in [4.78, 5) is 28.2. The van der Waals surface area contributed by atoms with Crippen molar-refractivity contribution in [3.05, 3.63) is 65.2 Å². The first-order valence-electron chi connectivity index (χ1n) is 9.49. The fraction of sp³-hybridized carbons (Fsp3) is 0.318. The standard InChI is InChI=1S/C22H24N4O3/c1-29-22(28)19-6-8-20(9-7-19)24-21(27)16-26-12-10-25(11-13-26)15-18-4-2-17(14-23)3-5-18/h2-9H,10-13,15-16H2,1H3,(H,24,27). The maximum atomic E-state index is 12.3. The number of carbonyl (C=O) groups excluding carboxylic acids is 2. The molecule has 0 saturated carbocycles. The third-order valence-corrected chi connectivity index (χ3v) is 4.91. The largest absolute Gasteiger partial charge is 0.465 e. The van der Waals surface area contributed by atoms with Crippen LogP contribution in [0.1, 0.15) is 21.5 Å². The molecule has 0 aliphatic carbocycles. The highest BCUT2D eigenvalue weighted by Gasteiger charge is 2.19. The van der Waals surface area contributed by atoms with Gasteiger partial charge in [0.1, 0.15) is 0 Å². The number of nitrogens with zero attached hydrogens (tertiary/aromatic N) is 3. The van der Waals surface area contributed by atoms with Crippen molar-refractivity contribution >= 4 is 17.6 Å². The van der Waals surface area contributed by atoms with E-state index in [9.17, 15) is 9.59 Å². The summed E-state index contributed by atoms with van der Waals surface area (Å²) >= 11 is 0. The highest BCUT2D eigenvalue weighted by Crippen LogP contribution is 2.12. The van der Waals surface area contributed by atoms with Crippen LogP contribution < -0.4 is 5.32 Å². The van der Waals surface area contributed by atoms with Crippen LogP contribution in [0.15, 0.2) is 48.5 Å². The van der Waals surface area contributed by atoms with Crippen molar-refractivity contribution in [2.45, 2.75) is 6.54 Å². The van der Waals surface area contributed by atoms with Gasteiger partial charge < -0.3 is 10.1 Å². The van der Waals surface area contributed by atoms with Crippen LogP contribution in [0, 0.1) is 11.3 Å². The second-order valence-electron chi connectivity index (χ2n) is 6.98. The van der Waals surface area contributed by atoms with E-state index < -0.39 is 5.97 Å². The molecule has 0 bridgehead atoms. The van der Waals surface area contributed by atoms with Crippen molar-refractivity contribution in [2.24, 2.45) is 0 Å². The topological polar surface area (TPSA) is 85.7 Å². The van der Waals surface area contributed by atoms with Gasteiger partial charge in [0, 0.05) is 38.4 Å². The summed E-state index contributed by atoms with van der Waals surface area (Å²) in [7, 11) is 1.34. The van der Waals surface area contributed by atoms with E-state index >= 15 is 0 Å². The fourth-order valence-corrected chi connectivity index (χ4v) is 3.26. The molecule has 29 heavy (non-hydrogen) atoms. The van der Waals surface area contributed by atoms with E-state index in [1.807, 2.05) is 24.3 Å². The normalized spacial score (nSPS) is 14.8. The molecular formula is C22H24N4O3. The molecular weight excluding hydrogens is 368 g/mol. The third-order valence-electron chi connectivity index (χ3n) is 4.91. The zero-order valence-electron chi connectivity index (χ0n) is 16.4. The van der Waals surface area contributed by atoms with Crippen molar-refractivity contribution in [3.8, 4) is 6.07 Å². The molecule has 1 aliphatic heterocycles. The van der Waals surface area contributed by atoms with Crippen molar-refractivity contribution in [2.75, 3.05) is 45.2 Å². The number of amides is 1. The molecule has 1 fully saturated rings. The number of carbonyl (C=O) groups is 2. The number of rotatable bonds is 6. The number of hydrogen-bond acceptors (Lipinski definition) is 6. The van der Waals surface area contributed by atoms with Gasteiger partial charge in [0.25, 0.3) is 0 Å². The van der Waals surface area contributed by atoms with E-state index in [2.05, 4.69) is 25.9 Å². The highest BCUT2D eigenvalue weighted by atomic mass is 16.5. The fourth-order valence-electron chi connectivity index (χ4n) is 3.26. The van der Waals surface area contributed by atoms with Gasteiger partial charge in [-0.15, -0.1) is 0 Å². The molecule has 2 aromatic rings. The first kappa shape index (κ1) is 20.5. The third kappa shape index (κ3) is 5.88. The molecule has 0 atom stereocenters. The Morgan fingerprint density at radius 3 is 2.21 bits per heavy atom. The predicted molar refractivity (Wildman–Crippen MR) is 109 cm³/mol. The summed E-state index contributed by atoms with van der Waals surface area (Å²) < 4.78 is 4.66. The van der Waals surface area contributed by atoms with Gasteiger partial charge in [0.05, 0.1) is 30.9 Å². The minimum Gasteiger partial charge on any atom is -0.465 e. The van der Waals surface area contributed by atoms with E-state index in [1.54, 1.807) is 24.3 Å². The van der Waals surface area contributed by atoms with Crippen LogP contribution in [0.3, 0.4) is 0 Å². The minimum atomic E-state index is -0.401. The first-order valence-corrected chi connectivity index (χ1v) is 9.49. The van der Waals surface area contributed by atoms with Gasteiger partial charge in [-0.1, -0.05) is 12.1 Å². The van der Waals surface area contributed by atoms with Gasteiger partial charge >= 0.3 is 5.97 Å². The molecule has 0 unspecified atom stereocenters. The Labute approximate surface area is 170 Å². The molecule has 150 valence electrons. The zero-order chi connectivity index (χ0) is 20.6. The van der Waals surface area contributed by atoms with E-state index in [0.717, 1.165) is 32.7 Å². The number of esters is 1. The van der Waals surface area contributed by atoms with Gasteiger partial charge in [-0.2, -0.15) is 5.26 Å². The number of piperazine rings is 1. The van der Waals surface area contributed by atoms with Crippen molar-refractivity contribution < 1.29 is 14.3 Å². The van der Waals surface area contributed by atoms with Gasteiger partial charge in [-0.05, 0) is 42.0 Å². The molecule has 2 aromatic carbocycles. The average molecular weight is 392 g/mol. The van der Waals surface area contributed by atoms with Gasteiger partial charge in [0.2, 0.25) is 5.91 Å². The number of nitrogens with one attached hydrogen (secondary N) is 1. The number of methoxy groups -OCH3 is 1. The lowest BCUT2D eigenvalue weighted by Crippen LogP contribution is -2.48. The molecule has 0 radical (unpaired) electrons. The van der Waals surface area contributed by atoms with Crippen LogP contribution in [-0.2, 0) is 16.1 Å². The molecule has 3 rings (SSSR count). The van der Waals surface area contributed by atoms with E-state index in [0.29, 0.717) is 23.4 Å². The molecule has 0 aromatic heterocycles. The van der Waals surface area contributed by atoms with Crippen LogP contribution in [0.4, 0.5) is 5.69 Å². The maximum absolute atomic E-state index is 12.3. The second kappa shape index (κ2) is 9.82. The molecule has 1 saturated heterocycles. The van der Waals surface area contributed by atoms with Gasteiger partial charge in [-0.3, -0.25) is 14.6 Å². The van der Waals surface area contributed by atoms with Crippen LogP contribution in [0.2, 0.25) is 0 Å². The van der Waals surface area contributed by atoms with Crippen molar-refractivity contribution in [1.82, 2.24) is 9.80 Å². The summed E-state index contributed by atoms with van der Waals surface area (Å²) in [6, 6.07) is 16.4. The Balaban J connectivity index is 1.42. The average Bonchev–Trinajstić information content (AvgIpc) is 2.75. The lowest BCUT2D eigenvalue weighted by atomic mass is 10.1. The monoisotopic (exact) mass is 392 g/mol. The highest BCUT2D eigenvalue weighted by molar-refractivity contribution is 5.93. The Morgan fingerprint density at radius 2 is 1.62 bits per heavy atom. The Morgan fingerprint density at radius 1 is 1.00 bits per heavy atom. The maximum Gasteiger partial charge on any atom is 0.337 e.